The van der Waals surface area contributed by atoms with Crippen LogP contribution in [-0.4, -0.2) is 34.9 Å². The van der Waals surface area contributed by atoms with E-state index in [2.05, 4.69) is 21.2 Å². The van der Waals surface area contributed by atoms with Crippen molar-refractivity contribution < 1.29 is 18.7 Å². The molecule has 2 amide bonds. The molecule has 0 saturated heterocycles. The highest BCUT2D eigenvalue weighted by molar-refractivity contribution is 9.10. The van der Waals surface area contributed by atoms with Crippen molar-refractivity contribution in [3.05, 3.63) is 100 Å². The van der Waals surface area contributed by atoms with Gasteiger partial charge in [0.1, 0.15) is 6.04 Å². The van der Waals surface area contributed by atoms with Gasteiger partial charge in [0, 0.05) is 23.0 Å². The molecule has 3 rings (SSSR count). The van der Waals surface area contributed by atoms with E-state index < -0.39 is 29.9 Å². The fourth-order valence-corrected chi connectivity index (χ4v) is 3.84. The van der Waals surface area contributed by atoms with Gasteiger partial charge >= 0.3 is 0 Å². The molecule has 0 aliphatic carbocycles. The Morgan fingerprint density at radius 3 is 2.20 bits per heavy atom. The van der Waals surface area contributed by atoms with E-state index in [-0.39, 0.29) is 18.2 Å². The number of amides is 2. The summed E-state index contributed by atoms with van der Waals surface area (Å²) in [6, 6.07) is 22.2. The van der Waals surface area contributed by atoms with Crippen LogP contribution in [-0.2, 0) is 22.6 Å². The molecule has 5 nitrogen and oxygen atoms in total. The Labute approximate surface area is 214 Å². The molecule has 0 heterocycles. The highest BCUT2D eigenvalue weighted by Crippen LogP contribution is 2.19. The van der Waals surface area contributed by atoms with E-state index in [0.717, 1.165) is 15.6 Å². The second kappa shape index (κ2) is 12.0. The molecule has 0 bridgehead atoms. The summed E-state index contributed by atoms with van der Waals surface area (Å²) in [6.07, 6.45) is 0.324. The molecule has 0 fully saturated rings. The first-order valence-electron chi connectivity index (χ1n) is 11.4. The number of hydrogen-bond acceptors (Lipinski definition) is 3. The standard InChI is InChI=1S/C28H30BrFN2O3/c1-28(2,3)31-27(34)24(17-20-9-5-4-6-10-20)32(18-21-13-15-22(29)16-14-21)26(33)19-35-25-12-8-7-11-23(25)30/h4-16,24H,17-19H2,1-3H3,(H,31,34)/t24-/m1/s1. The van der Waals surface area contributed by atoms with Crippen molar-refractivity contribution in [2.45, 2.75) is 45.3 Å². The summed E-state index contributed by atoms with van der Waals surface area (Å²) < 4.78 is 20.5. The molecule has 1 atom stereocenters. The minimum absolute atomic E-state index is 0.0109. The van der Waals surface area contributed by atoms with E-state index >= 15 is 0 Å². The summed E-state index contributed by atoms with van der Waals surface area (Å²) in [5.41, 5.74) is 1.29. The molecule has 35 heavy (non-hydrogen) atoms. The number of carbonyl (C=O) groups is 2. The number of nitrogens with zero attached hydrogens (tertiary/aromatic N) is 1. The second-order valence-electron chi connectivity index (χ2n) is 9.31. The summed E-state index contributed by atoms with van der Waals surface area (Å²) in [5.74, 6) is -1.24. The van der Waals surface area contributed by atoms with Crippen LogP contribution in [0.4, 0.5) is 4.39 Å². The maximum absolute atomic E-state index is 14.1. The van der Waals surface area contributed by atoms with Gasteiger partial charge in [0.15, 0.2) is 18.2 Å². The zero-order chi connectivity index (χ0) is 25.4. The van der Waals surface area contributed by atoms with Gasteiger partial charge in [0.25, 0.3) is 5.91 Å². The van der Waals surface area contributed by atoms with Crippen LogP contribution in [0.15, 0.2) is 83.3 Å². The second-order valence-corrected chi connectivity index (χ2v) is 10.2. The summed E-state index contributed by atoms with van der Waals surface area (Å²) >= 11 is 3.43. The van der Waals surface area contributed by atoms with Crippen LogP contribution in [0, 0.1) is 5.82 Å². The summed E-state index contributed by atoms with van der Waals surface area (Å²) in [5, 5.41) is 3.01. The van der Waals surface area contributed by atoms with Gasteiger partial charge < -0.3 is 15.0 Å². The Hall–Kier alpha value is -3.19. The average molecular weight is 541 g/mol. The van der Waals surface area contributed by atoms with E-state index in [0.29, 0.717) is 6.42 Å². The van der Waals surface area contributed by atoms with Crippen LogP contribution in [0.1, 0.15) is 31.9 Å². The number of hydrogen-bond donors (Lipinski definition) is 1. The molecule has 0 aromatic heterocycles. The van der Waals surface area contributed by atoms with Crippen molar-refractivity contribution in [2.24, 2.45) is 0 Å². The van der Waals surface area contributed by atoms with Crippen molar-refractivity contribution in [3.8, 4) is 5.75 Å². The first-order valence-corrected chi connectivity index (χ1v) is 12.2. The Bertz CT molecular complexity index is 1130. The molecule has 1 N–H and O–H groups in total. The van der Waals surface area contributed by atoms with Gasteiger partial charge in [-0.15, -0.1) is 0 Å². The molecule has 7 heteroatoms. The van der Waals surface area contributed by atoms with E-state index in [4.69, 9.17) is 4.74 Å². The third kappa shape index (κ3) is 8.21. The van der Waals surface area contributed by atoms with Crippen LogP contribution in [0.2, 0.25) is 0 Å². The van der Waals surface area contributed by atoms with Crippen LogP contribution >= 0.6 is 15.9 Å². The van der Waals surface area contributed by atoms with Crippen molar-refractivity contribution in [1.82, 2.24) is 10.2 Å². The van der Waals surface area contributed by atoms with Crippen molar-refractivity contribution >= 4 is 27.7 Å². The van der Waals surface area contributed by atoms with Gasteiger partial charge in [-0.3, -0.25) is 9.59 Å². The Kier molecular flexibility index (Phi) is 9.04. The number of nitrogens with one attached hydrogen (secondary N) is 1. The molecule has 3 aromatic carbocycles. The maximum Gasteiger partial charge on any atom is 0.261 e. The first-order chi connectivity index (χ1) is 16.6. The smallest absolute Gasteiger partial charge is 0.261 e. The zero-order valence-electron chi connectivity index (χ0n) is 20.1. The minimum atomic E-state index is -0.794. The fraction of sp³-hybridized carbons (Fsp3) is 0.286. The maximum atomic E-state index is 14.1. The molecule has 0 radical (unpaired) electrons. The molecular formula is C28H30BrFN2O3. The molecule has 0 aliphatic rings. The highest BCUT2D eigenvalue weighted by atomic mass is 79.9. The largest absolute Gasteiger partial charge is 0.481 e. The normalized spacial score (nSPS) is 12.0. The number of para-hydroxylation sites is 1. The van der Waals surface area contributed by atoms with Crippen LogP contribution < -0.4 is 10.1 Å². The fourth-order valence-electron chi connectivity index (χ4n) is 3.58. The monoisotopic (exact) mass is 540 g/mol. The van der Waals surface area contributed by atoms with Gasteiger partial charge in [-0.1, -0.05) is 70.5 Å². The Morgan fingerprint density at radius 1 is 0.943 bits per heavy atom. The van der Waals surface area contributed by atoms with Crippen molar-refractivity contribution in [2.75, 3.05) is 6.61 Å². The lowest BCUT2D eigenvalue weighted by Gasteiger charge is -2.33. The molecule has 3 aromatic rings. The predicted molar refractivity (Wildman–Crippen MR) is 138 cm³/mol. The number of benzene rings is 3. The molecule has 0 unspecified atom stereocenters. The van der Waals surface area contributed by atoms with Crippen LogP contribution in [0.5, 0.6) is 5.75 Å². The number of halogens is 2. The molecule has 184 valence electrons. The lowest BCUT2D eigenvalue weighted by molar-refractivity contribution is -0.143. The van der Waals surface area contributed by atoms with Gasteiger partial charge in [-0.25, -0.2) is 4.39 Å². The third-order valence-electron chi connectivity index (χ3n) is 5.22. The predicted octanol–water partition coefficient (Wildman–Crippen LogP) is 5.52. The minimum Gasteiger partial charge on any atom is -0.481 e. The van der Waals surface area contributed by atoms with Gasteiger partial charge in [0.05, 0.1) is 0 Å². The highest BCUT2D eigenvalue weighted by Gasteiger charge is 2.32. The molecule has 0 aliphatic heterocycles. The zero-order valence-corrected chi connectivity index (χ0v) is 21.7. The van der Waals surface area contributed by atoms with Crippen LogP contribution in [0.3, 0.4) is 0 Å². The van der Waals surface area contributed by atoms with E-state index in [1.165, 1.54) is 17.0 Å². The van der Waals surface area contributed by atoms with Gasteiger partial charge in [-0.05, 0) is 56.2 Å². The van der Waals surface area contributed by atoms with Crippen molar-refractivity contribution in [3.63, 3.8) is 0 Å². The molecule has 0 saturated carbocycles. The third-order valence-corrected chi connectivity index (χ3v) is 5.75. The Balaban J connectivity index is 1.93. The quantitative estimate of drug-likeness (QED) is 0.388. The number of carbonyl (C=O) groups excluding carboxylic acids is 2. The molecular weight excluding hydrogens is 511 g/mol. The van der Waals surface area contributed by atoms with Gasteiger partial charge in [-0.2, -0.15) is 0 Å². The van der Waals surface area contributed by atoms with E-state index in [1.54, 1.807) is 12.1 Å². The Morgan fingerprint density at radius 2 is 1.57 bits per heavy atom. The molecule has 0 spiro atoms. The topological polar surface area (TPSA) is 58.6 Å². The van der Waals surface area contributed by atoms with E-state index in [9.17, 15) is 14.0 Å². The summed E-state index contributed by atoms with van der Waals surface area (Å²) in [7, 11) is 0. The van der Waals surface area contributed by atoms with Crippen molar-refractivity contribution in [1.29, 1.82) is 0 Å². The number of ether oxygens (including phenoxy) is 1. The van der Waals surface area contributed by atoms with Gasteiger partial charge in [0.2, 0.25) is 5.91 Å². The summed E-state index contributed by atoms with van der Waals surface area (Å²) in [6.45, 7) is 5.49. The summed E-state index contributed by atoms with van der Waals surface area (Å²) in [4.78, 5) is 28.5. The first kappa shape index (κ1) is 26.4. The SMILES string of the molecule is CC(C)(C)NC(=O)[C@@H](Cc1ccccc1)N(Cc1ccc(Br)cc1)C(=O)COc1ccccc1F. The lowest BCUT2D eigenvalue weighted by atomic mass is 10.0. The van der Waals surface area contributed by atoms with E-state index in [1.807, 2.05) is 75.4 Å². The lowest BCUT2D eigenvalue weighted by Crippen LogP contribution is -2.55. The number of rotatable bonds is 9. The van der Waals surface area contributed by atoms with Crippen LogP contribution in [0.25, 0.3) is 0 Å². The average Bonchev–Trinajstić information content (AvgIpc) is 2.81.